The summed E-state index contributed by atoms with van der Waals surface area (Å²) in [4.78, 5) is 11.6. The van der Waals surface area contributed by atoms with Crippen LogP contribution in [0.2, 0.25) is 18.1 Å². The second-order valence-electron chi connectivity index (χ2n) is 15.2. The first-order valence-corrected chi connectivity index (χ1v) is 20.3. The first kappa shape index (κ1) is 40.9. The van der Waals surface area contributed by atoms with Crippen molar-refractivity contribution in [1.82, 2.24) is 0 Å². The maximum atomic E-state index is 11.6. The summed E-state index contributed by atoms with van der Waals surface area (Å²) in [6.07, 6.45) is 12.0. The summed E-state index contributed by atoms with van der Waals surface area (Å²) in [6, 6.07) is 9.04. The molecule has 1 aromatic carbocycles. The van der Waals surface area contributed by atoms with Gasteiger partial charge in [0.15, 0.2) is 8.32 Å². The third-order valence-corrected chi connectivity index (χ3v) is 14.4. The van der Waals surface area contributed by atoms with Gasteiger partial charge in [0.2, 0.25) is 0 Å². The lowest BCUT2D eigenvalue weighted by Crippen LogP contribution is -2.49. The number of aliphatic hydroxyl groups excluding tert-OH is 1. The molecule has 264 valence electrons. The second-order valence-corrected chi connectivity index (χ2v) is 20.0. The van der Waals surface area contributed by atoms with Gasteiger partial charge in [-0.25, -0.2) is 4.79 Å². The Morgan fingerprint density at radius 1 is 0.979 bits per heavy atom. The summed E-state index contributed by atoms with van der Waals surface area (Å²) in [7, 11) is -0.446. The van der Waals surface area contributed by atoms with Crippen LogP contribution < -0.4 is 5.63 Å². The van der Waals surface area contributed by atoms with Gasteiger partial charge in [-0.1, -0.05) is 104 Å². The minimum atomic E-state index is -2.09. The van der Waals surface area contributed by atoms with Gasteiger partial charge >= 0.3 is 5.63 Å². The fourth-order valence-corrected chi connectivity index (χ4v) is 7.61. The van der Waals surface area contributed by atoms with Gasteiger partial charge in [-0.2, -0.15) is 0 Å². The zero-order chi connectivity index (χ0) is 35.5. The number of allylic oxidation sites excluding steroid dienone is 2. The van der Waals surface area contributed by atoms with Crippen LogP contribution in [0.3, 0.4) is 0 Å². The highest BCUT2D eigenvalue weighted by Gasteiger charge is 2.43. The third kappa shape index (κ3) is 12.3. The number of fused-ring (bicyclic) bond motifs is 1. The molecule has 2 aromatic rings. The molecule has 0 aliphatic rings. The number of hydrogen-bond donors (Lipinski definition) is 1. The van der Waals surface area contributed by atoms with E-state index in [-0.39, 0.29) is 59.3 Å². The molecule has 0 saturated carbocycles. The molecular weight excluding hydrogens is 605 g/mol. The molecule has 8 atom stereocenters. The van der Waals surface area contributed by atoms with E-state index < -0.39 is 14.4 Å². The first-order valence-electron chi connectivity index (χ1n) is 17.4. The zero-order valence-electron chi connectivity index (χ0n) is 31.5. The number of benzene rings is 1. The average Bonchev–Trinajstić information content (AvgIpc) is 3.00. The Labute approximate surface area is 286 Å². The predicted molar refractivity (Wildman–Crippen MR) is 200 cm³/mol. The Kier molecular flexibility index (Phi) is 16.1. The molecule has 0 aliphatic carbocycles. The van der Waals surface area contributed by atoms with E-state index in [0.29, 0.717) is 5.58 Å². The molecule has 0 aliphatic heterocycles. The highest BCUT2D eigenvalue weighted by atomic mass is 28.4. The number of rotatable bonds is 18. The number of aliphatic hydroxyl groups is 1. The van der Waals surface area contributed by atoms with Crippen LogP contribution in [0.5, 0.6) is 0 Å². The Morgan fingerprint density at radius 3 is 2.28 bits per heavy atom. The van der Waals surface area contributed by atoms with Crippen molar-refractivity contribution in [2.75, 3.05) is 13.9 Å². The topological polar surface area (TPSA) is 78.1 Å². The van der Waals surface area contributed by atoms with E-state index in [1.54, 1.807) is 13.2 Å². The number of hydrogen-bond acceptors (Lipinski definition) is 6. The quantitative estimate of drug-likeness (QED) is 0.0737. The number of methoxy groups -OCH3 is 1. The van der Waals surface area contributed by atoms with E-state index in [2.05, 4.69) is 113 Å². The highest BCUT2D eigenvalue weighted by molar-refractivity contribution is 6.74. The lowest BCUT2D eigenvalue weighted by atomic mass is 9.81. The molecule has 47 heavy (non-hydrogen) atoms. The zero-order valence-corrected chi connectivity index (χ0v) is 32.5. The lowest BCUT2D eigenvalue weighted by molar-refractivity contribution is -0.0947. The SMILES string of the molecule is CC/C=C\C(C)[C@H](O)[C@@H](C)[C@H](O[Si](C)(C)C(C)(C)C)[C@@H](C)C/C(C)=C\[C@H](C)[C@@H](OCOC)C(C)/C=C\c1ccc2oc(=O)ccc2c1. The van der Waals surface area contributed by atoms with Crippen LogP contribution in [0.25, 0.3) is 17.0 Å². The number of ether oxygens (including phenoxy) is 2. The lowest BCUT2D eigenvalue weighted by Gasteiger charge is -2.44. The molecule has 0 radical (unpaired) electrons. The molecule has 0 fully saturated rings. The van der Waals surface area contributed by atoms with E-state index >= 15 is 0 Å². The fraction of sp³-hybridized carbons (Fsp3) is 0.625. The minimum absolute atomic E-state index is 0.0186. The molecule has 6 nitrogen and oxygen atoms in total. The monoisotopic (exact) mass is 668 g/mol. The van der Waals surface area contributed by atoms with Gasteiger partial charge in [0, 0.05) is 42.2 Å². The van der Waals surface area contributed by atoms with Crippen LogP contribution >= 0.6 is 0 Å². The van der Waals surface area contributed by atoms with Crippen molar-refractivity contribution in [3.05, 3.63) is 76.2 Å². The van der Waals surface area contributed by atoms with Crippen molar-refractivity contribution >= 4 is 25.4 Å². The van der Waals surface area contributed by atoms with Gasteiger partial charge in [-0.05, 0) is 67.6 Å². The molecule has 7 heteroatoms. The van der Waals surface area contributed by atoms with Gasteiger partial charge < -0.3 is 23.4 Å². The summed E-state index contributed by atoms with van der Waals surface area (Å²) in [5, 5.41) is 12.4. The van der Waals surface area contributed by atoms with Crippen molar-refractivity contribution < 1.29 is 23.4 Å². The van der Waals surface area contributed by atoms with Gasteiger partial charge in [-0.15, -0.1) is 0 Å². The van der Waals surface area contributed by atoms with Gasteiger partial charge in [0.05, 0.1) is 18.3 Å². The van der Waals surface area contributed by atoms with Crippen LogP contribution in [0.15, 0.2) is 69.4 Å². The summed E-state index contributed by atoms with van der Waals surface area (Å²) in [6.45, 7) is 26.9. The summed E-state index contributed by atoms with van der Waals surface area (Å²) >= 11 is 0. The minimum Gasteiger partial charge on any atom is -0.423 e. The Morgan fingerprint density at radius 2 is 1.66 bits per heavy atom. The molecule has 0 spiro atoms. The van der Waals surface area contributed by atoms with Crippen LogP contribution in [0, 0.1) is 29.6 Å². The molecule has 0 amide bonds. The van der Waals surface area contributed by atoms with Crippen LogP contribution in [-0.4, -0.2) is 45.6 Å². The average molecular weight is 669 g/mol. The predicted octanol–water partition coefficient (Wildman–Crippen LogP) is 10.0. The van der Waals surface area contributed by atoms with Gasteiger partial charge in [0.1, 0.15) is 12.4 Å². The molecular formula is C40H64O6Si. The molecule has 2 rings (SSSR count). The second kappa shape index (κ2) is 18.5. The van der Waals surface area contributed by atoms with E-state index in [0.717, 1.165) is 23.8 Å². The molecule has 0 bridgehead atoms. The van der Waals surface area contributed by atoms with Crippen LogP contribution in [0.4, 0.5) is 0 Å². The van der Waals surface area contributed by atoms with E-state index in [1.807, 2.05) is 18.2 Å². The highest BCUT2D eigenvalue weighted by Crippen LogP contribution is 2.41. The van der Waals surface area contributed by atoms with Crippen LogP contribution in [0.1, 0.15) is 87.6 Å². The molecule has 2 unspecified atom stereocenters. The van der Waals surface area contributed by atoms with E-state index in [4.69, 9.17) is 18.3 Å². The summed E-state index contributed by atoms with van der Waals surface area (Å²) in [5.74, 6) is 0.490. The Hall–Kier alpha value is -2.29. The van der Waals surface area contributed by atoms with Crippen molar-refractivity contribution in [3.8, 4) is 0 Å². The van der Waals surface area contributed by atoms with Gasteiger partial charge in [-0.3, -0.25) is 0 Å². The molecule has 0 saturated heterocycles. The maximum Gasteiger partial charge on any atom is 0.336 e. The van der Waals surface area contributed by atoms with Crippen molar-refractivity contribution in [3.63, 3.8) is 0 Å². The molecule has 1 heterocycles. The third-order valence-electron chi connectivity index (χ3n) is 9.91. The summed E-state index contributed by atoms with van der Waals surface area (Å²) < 4.78 is 24.0. The molecule has 1 N–H and O–H groups in total. The van der Waals surface area contributed by atoms with E-state index in [1.165, 1.54) is 11.6 Å². The Balaban J connectivity index is 2.28. The molecule has 1 aromatic heterocycles. The standard InChI is InChI=1S/C40H64O6Si/c1-14-15-16-28(3)37(42)32(7)39(46-47(12,13)40(8,9)10)31(6)24-27(2)23-30(5)38(44-26-43-11)29(4)17-18-33-19-21-35-34(25-33)20-22-36(41)45-35/h15-23,25,28-32,37-39,42H,14,24,26H2,1-13H3/b16-15-,18-17-,27-23-/t28?,29?,30-,31-,32+,37-,38-,39+/m0/s1. The smallest absolute Gasteiger partial charge is 0.336 e. The Bertz CT molecular complexity index is 1380. The maximum absolute atomic E-state index is 11.6. The van der Waals surface area contributed by atoms with Gasteiger partial charge in [0.25, 0.3) is 0 Å². The van der Waals surface area contributed by atoms with Crippen molar-refractivity contribution in [2.45, 2.75) is 119 Å². The first-order chi connectivity index (χ1) is 21.9. The largest absolute Gasteiger partial charge is 0.423 e. The fourth-order valence-electron chi connectivity index (χ4n) is 6.13. The summed E-state index contributed by atoms with van der Waals surface area (Å²) in [5.41, 5.74) is 2.55. The van der Waals surface area contributed by atoms with E-state index in [9.17, 15) is 9.90 Å². The normalized spacial score (nSPS) is 18.7. The van der Waals surface area contributed by atoms with Crippen molar-refractivity contribution in [1.29, 1.82) is 0 Å². The van der Waals surface area contributed by atoms with Crippen LogP contribution in [-0.2, 0) is 13.9 Å². The van der Waals surface area contributed by atoms with Crippen molar-refractivity contribution in [2.24, 2.45) is 29.6 Å².